The summed E-state index contributed by atoms with van der Waals surface area (Å²) in [6.07, 6.45) is 1.55. The van der Waals surface area contributed by atoms with E-state index in [-0.39, 0.29) is 5.28 Å². The molecule has 0 unspecified atom stereocenters. The lowest BCUT2D eigenvalue weighted by atomic mass is 10.4. The fraction of sp³-hybridized carbons (Fsp3) is 0.500. The van der Waals surface area contributed by atoms with Crippen LogP contribution in [-0.2, 0) is 0 Å². The van der Waals surface area contributed by atoms with Gasteiger partial charge in [-0.25, -0.2) is 4.98 Å². The summed E-state index contributed by atoms with van der Waals surface area (Å²) in [6, 6.07) is 0. The molecule has 0 saturated carbocycles. The summed E-state index contributed by atoms with van der Waals surface area (Å²) in [5.74, 6) is 2.89. The molecule has 2 rings (SSSR count). The van der Waals surface area contributed by atoms with E-state index in [9.17, 15) is 0 Å². The Hall–Kier alpha value is 0.160. The minimum atomic E-state index is 0.249. The largest absolute Gasteiger partial charge is 0.354 e. The monoisotopic (exact) mass is 281 g/mol. The van der Waals surface area contributed by atoms with Crippen molar-refractivity contribution in [2.24, 2.45) is 0 Å². The Morgan fingerprint density at radius 1 is 1.20 bits per heavy atom. The third-order valence-corrected chi connectivity index (χ3v) is 4.78. The molecule has 0 amide bonds. The summed E-state index contributed by atoms with van der Waals surface area (Å²) in [6.45, 7) is 1.90. The first-order chi connectivity index (χ1) is 7.27. The van der Waals surface area contributed by atoms with Crippen LogP contribution in [0.1, 0.15) is 0 Å². The van der Waals surface area contributed by atoms with Crippen molar-refractivity contribution in [1.29, 1.82) is 0 Å². The van der Waals surface area contributed by atoms with Crippen molar-refractivity contribution < 1.29 is 0 Å². The van der Waals surface area contributed by atoms with Crippen LogP contribution in [0.25, 0.3) is 0 Å². The molecular weight excluding hydrogens is 273 g/mol. The second kappa shape index (κ2) is 5.48. The van der Waals surface area contributed by atoms with Gasteiger partial charge in [-0.05, 0) is 11.6 Å². The van der Waals surface area contributed by atoms with E-state index in [4.69, 9.17) is 23.2 Å². The van der Waals surface area contributed by atoms with Crippen LogP contribution in [0.15, 0.2) is 6.20 Å². The topological polar surface area (TPSA) is 29.0 Å². The average Bonchev–Trinajstić information content (AvgIpc) is 2.50. The molecule has 3 nitrogen and oxygen atoms in total. The van der Waals surface area contributed by atoms with Crippen LogP contribution in [0.2, 0.25) is 10.3 Å². The molecule has 0 aliphatic carbocycles. The van der Waals surface area contributed by atoms with Crippen molar-refractivity contribution in [3.05, 3.63) is 16.5 Å². The Morgan fingerprint density at radius 3 is 2.53 bits per heavy atom. The second-order valence-corrected chi connectivity index (χ2v) is 6.39. The number of rotatable bonds is 1. The zero-order valence-corrected chi connectivity index (χ0v) is 11.0. The van der Waals surface area contributed by atoms with E-state index in [1.807, 2.05) is 21.6 Å². The van der Waals surface area contributed by atoms with Gasteiger partial charge in [-0.3, -0.25) is 0 Å². The summed E-state index contributed by atoms with van der Waals surface area (Å²) in [5, 5.41) is 0.815. The first-order valence-corrected chi connectivity index (χ1v) is 7.69. The Morgan fingerprint density at radius 2 is 1.87 bits per heavy atom. The molecule has 1 aliphatic heterocycles. The molecule has 0 bridgehead atoms. The van der Waals surface area contributed by atoms with E-state index >= 15 is 0 Å². The lowest BCUT2D eigenvalue weighted by molar-refractivity contribution is 0.857. The van der Waals surface area contributed by atoms with Crippen LogP contribution in [0.4, 0.5) is 5.82 Å². The molecule has 15 heavy (non-hydrogen) atoms. The number of nitrogens with zero attached hydrogens (tertiary/aromatic N) is 3. The van der Waals surface area contributed by atoms with E-state index in [0.29, 0.717) is 5.02 Å². The maximum Gasteiger partial charge on any atom is 0.224 e. The average molecular weight is 282 g/mol. The fourth-order valence-corrected chi connectivity index (χ4v) is 3.61. The number of aromatic nitrogens is 2. The number of halogens is 2. The molecule has 0 aromatic carbocycles. The van der Waals surface area contributed by atoms with Crippen LogP contribution >= 0.6 is 44.8 Å². The predicted octanol–water partition coefficient (Wildman–Crippen LogP) is 2.98. The van der Waals surface area contributed by atoms with Crippen molar-refractivity contribution >= 4 is 50.6 Å². The van der Waals surface area contributed by atoms with Crippen molar-refractivity contribution in [2.45, 2.75) is 0 Å². The van der Waals surface area contributed by atoms with Gasteiger partial charge in [0, 0.05) is 24.6 Å². The van der Waals surface area contributed by atoms with Crippen molar-refractivity contribution in [3.63, 3.8) is 0 Å². The van der Waals surface area contributed by atoms with E-state index < -0.39 is 0 Å². The molecule has 1 aromatic heterocycles. The molecule has 0 spiro atoms. The van der Waals surface area contributed by atoms with Gasteiger partial charge < -0.3 is 4.90 Å². The molecule has 1 aromatic rings. The number of anilines is 1. The smallest absolute Gasteiger partial charge is 0.224 e. The normalized spacial score (nSPS) is 17.6. The molecule has 0 atom stereocenters. The van der Waals surface area contributed by atoms with Gasteiger partial charge in [-0.1, -0.05) is 33.2 Å². The van der Waals surface area contributed by atoms with Crippen LogP contribution in [0, 0.1) is 0 Å². The first-order valence-electron chi connectivity index (χ1n) is 4.45. The zero-order valence-electron chi connectivity index (χ0n) is 7.82. The molecule has 2 heterocycles. The minimum absolute atomic E-state index is 0.249. The maximum atomic E-state index is 6.04. The summed E-state index contributed by atoms with van der Waals surface area (Å²) in [7, 11) is 3.76. The van der Waals surface area contributed by atoms with Crippen LogP contribution in [0.5, 0.6) is 0 Å². The zero-order chi connectivity index (χ0) is 10.7. The summed E-state index contributed by atoms with van der Waals surface area (Å²) < 4.78 is 0. The van der Waals surface area contributed by atoms with E-state index in [0.717, 1.165) is 30.4 Å². The molecule has 1 fully saturated rings. The fourth-order valence-electron chi connectivity index (χ4n) is 1.30. The Bertz CT molecular complexity index is 343. The SMILES string of the molecule is Clc1ncc(Cl)c(N2CCSSCC2)n1. The third kappa shape index (κ3) is 3.06. The lowest BCUT2D eigenvalue weighted by Gasteiger charge is -2.21. The summed E-state index contributed by atoms with van der Waals surface area (Å²) >= 11 is 11.8. The van der Waals surface area contributed by atoms with Crippen LogP contribution < -0.4 is 4.90 Å². The van der Waals surface area contributed by atoms with E-state index in [1.54, 1.807) is 6.20 Å². The van der Waals surface area contributed by atoms with Crippen LogP contribution in [-0.4, -0.2) is 34.6 Å². The van der Waals surface area contributed by atoms with Gasteiger partial charge in [0.2, 0.25) is 5.28 Å². The van der Waals surface area contributed by atoms with Gasteiger partial charge in [0.1, 0.15) is 5.02 Å². The quantitative estimate of drug-likeness (QED) is 0.583. The van der Waals surface area contributed by atoms with Crippen LogP contribution in [0.3, 0.4) is 0 Å². The van der Waals surface area contributed by atoms with Gasteiger partial charge in [0.25, 0.3) is 0 Å². The Labute approximate surface area is 106 Å². The standard InChI is InChI=1S/C8H9Cl2N3S2/c9-6-5-11-8(10)12-7(6)13-1-3-14-15-4-2-13/h5H,1-4H2. The lowest BCUT2D eigenvalue weighted by Crippen LogP contribution is -2.28. The van der Waals surface area contributed by atoms with E-state index in [2.05, 4.69) is 14.9 Å². The van der Waals surface area contributed by atoms with Gasteiger partial charge >= 0.3 is 0 Å². The van der Waals surface area contributed by atoms with Crippen molar-refractivity contribution in [3.8, 4) is 0 Å². The molecule has 1 saturated heterocycles. The molecule has 82 valence electrons. The summed E-state index contributed by atoms with van der Waals surface area (Å²) in [5.41, 5.74) is 0. The minimum Gasteiger partial charge on any atom is -0.354 e. The highest BCUT2D eigenvalue weighted by atomic mass is 35.5. The maximum absolute atomic E-state index is 6.04. The van der Waals surface area contributed by atoms with Crippen molar-refractivity contribution in [1.82, 2.24) is 9.97 Å². The summed E-state index contributed by atoms with van der Waals surface area (Å²) in [4.78, 5) is 10.2. The third-order valence-electron chi connectivity index (χ3n) is 1.97. The molecular formula is C8H9Cl2N3S2. The number of hydrogen-bond acceptors (Lipinski definition) is 5. The molecule has 7 heteroatoms. The Kier molecular flexibility index (Phi) is 4.25. The predicted molar refractivity (Wildman–Crippen MR) is 69.2 cm³/mol. The molecule has 1 aliphatic rings. The van der Waals surface area contributed by atoms with Gasteiger partial charge in [-0.15, -0.1) is 0 Å². The van der Waals surface area contributed by atoms with Gasteiger partial charge in [0.15, 0.2) is 5.82 Å². The van der Waals surface area contributed by atoms with E-state index in [1.165, 1.54) is 0 Å². The van der Waals surface area contributed by atoms with Gasteiger partial charge in [0.05, 0.1) is 6.20 Å². The number of hydrogen-bond donors (Lipinski definition) is 0. The first kappa shape index (κ1) is 11.6. The second-order valence-electron chi connectivity index (χ2n) is 2.94. The highest BCUT2D eigenvalue weighted by molar-refractivity contribution is 8.76. The van der Waals surface area contributed by atoms with Gasteiger partial charge in [-0.2, -0.15) is 4.98 Å². The molecule has 0 N–H and O–H groups in total. The highest BCUT2D eigenvalue weighted by Crippen LogP contribution is 2.29. The highest BCUT2D eigenvalue weighted by Gasteiger charge is 2.15. The Balaban J connectivity index is 2.22. The van der Waals surface area contributed by atoms with Crippen molar-refractivity contribution in [2.75, 3.05) is 29.5 Å². The molecule has 0 radical (unpaired) electrons.